The molecule has 7 heteroatoms. The minimum Gasteiger partial charge on any atom is -0.350 e. The maximum atomic E-state index is 13.7. The number of carbonyl (C=O) groups is 1. The van der Waals surface area contributed by atoms with E-state index in [0.717, 1.165) is 27.6 Å². The van der Waals surface area contributed by atoms with Crippen molar-refractivity contribution in [3.63, 3.8) is 0 Å². The molecule has 0 fully saturated rings. The number of nitrogens with one attached hydrogen (secondary N) is 1. The van der Waals surface area contributed by atoms with Gasteiger partial charge in [0.2, 0.25) is 5.91 Å². The first-order valence-electron chi connectivity index (χ1n) is 11.5. The number of carbonyl (C=O) groups excluding carboxylic acids is 1. The zero-order valence-corrected chi connectivity index (χ0v) is 19.7. The van der Waals surface area contributed by atoms with E-state index >= 15 is 0 Å². The van der Waals surface area contributed by atoms with Crippen LogP contribution >= 0.6 is 0 Å². The van der Waals surface area contributed by atoms with E-state index in [1.807, 2.05) is 97.4 Å². The van der Waals surface area contributed by atoms with Crippen LogP contribution in [-0.4, -0.2) is 19.6 Å². The third-order valence-electron chi connectivity index (χ3n) is 6.33. The van der Waals surface area contributed by atoms with E-state index in [0.29, 0.717) is 17.6 Å². The van der Waals surface area contributed by atoms with Crippen LogP contribution in [0.5, 0.6) is 0 Å². The number of nitrogens with zero attached hydrogens (tertiary/aromatic N) is 3. The van der Waals surface area contributed by atoms with Crippen molar-refractivity contribution in [1.29, 1.82) is 0 Å². The van der Waals surface area contributed by atoms with Crippen molar-refractivity contribution in [2.75, 3.05) is 0 Å². The summed E-state index contributed by atoms with van der Waals surface area (Å²) in [5.74, 6) is -0.299. The lowest BCUT2D eigenvalue weighted by molar-refractivity contribution is -0.121. The molecule has 1 N–H and O–H groups in total. The number of rotatable bonds is 6. The van der Waals surface area contributed by atoms with Gasteiger partial charge in [0.05, 0.1) is 17.6 Å². The number of hydrogen-bond acceptors (Lipinski definition) is 3. The third-order valence-corrected chi connectivity index (χ3v) is 6.33. The summed E-state index contributed by atoms with van der Waals surface area (Å²) in [7, 11) is 1.82. The monoisotopic (exact) mass is 466 g/mol. The molecule has 0 radical (unpaired) electrons. The lowest BCUT2D eigenvalue weighted by Gasteiger charge is -2.13. The van der Waals surface area contributed by atoms with Gasteiger partial charge in [0.25, 0.3) is 5.56 Å². The van der Waals surface area contributed by atoms with E-state index in [9.17, 15) is 14.4 Å². The van der Waals surface area contributed by atoms with Gasteiger partial charge >= 0.3 is 5.69 Å². The van der Waals surface area contributed by atoms with Crippen LogP contribution in [-0.2, 0) is 31.5 Å². The summed E-state index contributed by atoms with van der Waals surface area (Å²) >= 11 is 0. The van der Waals surface area contributed by atoms with Crippen LogP contribution < -0.4 is 16.6 Å². The number of amides is 1. The summed E-state index contributed by atoms with van der Waals surface area (Å²) in [4.78, 5) is 40.3. The molecule has 2 aromatic heterocycles. The molecular formula is C28H26N4O3. The number of benzene rings is 3. The Labute approximate surface area is 201 Å². The largest absolute Gasteiger partial charge is 0.350 e. The lowest BCUT2D eigenvalue weighted by Crippen LogP contribution is -2.43. The molecule has 7 nitrogen and oxygen atoms in total. The second-order valence-corrected chi connectivity index (χ2v) is 8.78. The van der Waals surface area contributed by atoms with Crippen molar-refractivity contribution in [3.8, 4) is 0 Å². The van der Waals surface area contributed by atoms with Gasteiger partial charge in [-0.15, -0.1) is 0 Å². The van der Waals surface area contributed by atoms with Crippen LogP contribution in [0.25, 0.3) is 21.9 Å². The first kappa shape index (κ1) is 22.4. The Bertz CT molecular complexity index is 1660. The average molecular weight is 467 g/mol. The summed E-state index contributed by atoms with van der Waals surface area (Å²) in [6.07, 6.45) is 0. The van der Waals surface area contributed by atoms with E-state index in [-0.39, 0.29) is 24.6 Å². The average Bonchev–Trinajstić information content (AvgIpc) is 3.16. The molecule has 0 aliphatic heterocycles. The number of fused-ring (bicyclic) bond motifs is 3. The molecule has 0 unspecified atom stereocenters. The van der Waals surface area contributed by atoms with Gasteiger partial charge in [-0.3, -0.25) is 18.7 Å². The number of hydrogen-bond donors (Lipinski definition) is 1. The predicted octanol–water partition coefficient (Wildman–Crippen LogP) is 3.33. The first-order chi connectivity index (χ1) is 16.9. The van der Waals surface area contributed by atoms with Crippen LogP contribution in [0.4, 0.5) is 0 Å². The molecule has 2 heterocycles. The van der Waals surface area contributed by atoms with Gasteiger partial charge in [-0.1, -0.05) is 72.3 Å². The first-order valence-corrected chi connectivity index (χ1v) is 11.5. The molecule has 0 aliphatic rings. The molecule has 0 bridgehead atoms. The molecular weight excluding hydrogens is 440 g/mol. The number of aryl methyl sites for hydroxylation is 2. The zero-order chi connectivity index (χ0) is 24.5. The summed E-state index contributed by atoms with van der Waals surface area (Å²) < 4.78 is 4.46. The smallest absolute Gasteiger partial charge is 0.332 e. The van der Waals surface area contributed by atoms with E-state index in [4.69, 9.17) is 0 Å². The summed E-state index contributed by atoms with van der Waals surface area (Å²) in [6, 6.07) is 24.8. The maximum Gasteiger partial charge on any atom is 0.332 e. The van der Waals surface area contributed by atoms with E-state index in [1.165, 1.54) is 9.13 Å². The van der Waals surface area contributed by atoms with Crippen LogP contribution in [0.3, 0.4) is 0 Å². The Kier molecular flexibility index (Phi) is 5.82. The van der Waals surface area contributed by atoms with Gasteiger partial charge in [-0.25, -0.2) is 4.79 Å². The minimum absolute atomic E-state index is 0.126. The van der Waals surface area contributed by atoms with Crippen molar-refractivity contribution in [3.05, 3.63) is 116 Å². The minimum atomic E-state index is -0.504. The zero-order valence-electron chi connectivity index (χ0n) is 19.7. The van der Waals surface area contributed by atoms with Gasteiger partial charge in [-0.05, 0) is 30.2 Å². The van der Waals surface area contributed by atoms with Crippen LogP contribution in [0.15, 0.2) is 88.5 Å². The van der Waals surface area contributed by atoms with E-state index < -0.39 is 5.69 Å². The quantitative estimate of drug-likeness (QED) is 0.417. The van der Waals surface area contributed by atoms with E-state index in [1.54, 1.807) is 0 Å². The van der Waals surface area contributed by atoms with Gasteiger partial charge < -0.3 is 9.88 Å². The second kappa shape index (κ2) is 9.10. The molecule has 35 heavy (non-hydrogen) atoms. The fraction of sp³-hybridized carbons (Fsp3) is 0.179. The van der Waals surface area contributed by atoms with Crippen LogP contribution in [0.1, 0.15) is 16.7 Å². The van der Waals surface area contributed by atoms with Gasteiger partial charge in [0, 0.05) is 19.0 Å². The molecule has 1 amide bonds. The third kappa shape index (κ3) is 4.17. The summed E-state index contributed by atoms with van der Waals surface area (Å²) in [5.41, 5.74) is 3.65. The molecule has 0 spiro atoms. The Morgan fingerprint density at radius 3 is 2.17 bits per heavy atom. The number of aromatic nitrogens is 3. The van der Waals surface area contributed by atoms with Gasteiger partial charge in [0.15, 0.2) is 0 Å². The second-order valence-electron chi connectivity index (χ2n) is 8.78. The molecule has 0 saturated heterocycles. The highest BCUT2D eigenvalue weighted by Gasteiger charge is 2.22. The highest BCUT2D eigenvalue weighted by Crippen LogP contribution is 2.26. The Morgan fingerprint density at radius 2 is 1.49 bits per heavy atom. The molecule has 5 rings (SSSR count). The maximum absolute atomic E-state index is 13.7. The Balaban J connectivity index is 1.66. The fourth-order valence-electron chi connectivity index (χ4n) is 4.56. The molecule has 3 aromatic carbocycles. The van der Waals surface area contributed by atoms with Crippen molar-refractivity contribution in [2.45, 2.75) is 26.6 Å². The van der Waals surface area contributed by atoms with Crippen LogP contribution in [0.2, 0.25) is 0 Å². The van der Waals surface area contributed by atoms with Crippen molar-refractivity contribution >= 4 is 27.8 Å². The van der Waals surface area contributed by atoms with Crippen LogP contribution in [0, 0.1) is 6.92 Å². The van der Waals surface area contributed by atoms with Gasteiger partial charge in [-0.2, -0.15) is 0 Å². The van der Waals surface area contributed by atoms with Crippen molar-refractivity contribution < 1.29 is 4.79 Å². The van der Waals surface area contributed by atoms with Crippen molar-refractivity contribution in [2.24, 2.45) is 7.05 Å². The molecule has 0 atom stereocenters. The predicted molar refractivity (Wildman–Crippen MR) is 138 cm³/mol. The Morgan fingerprint density at radius 1 is 0.829 bits per heavy atom. The van der Waals surface area contributed by atoms with E-state index in [2.05, 4.69) is 5.32 Å². The molecule has 0 saturated carbocycles. The SMILES string of the molecule is Cc1ccc2c(c1)c1c(c(=O)n(Cc3ccccc3)c(=O)n1CC(=O)NCc1ccccc1)n2C. The molecule has 5 aromatic rings. The lowest BCUT2D eigenvalue weighted by atomic mass is 10.1. The molecule has 0 aliphatic carbocycles. The fourth-order valence-corrected chi connectivity index (χ4v) is 4.56. The summed E-state index contributed by atoms with van der Waals surface area (Å²) in [5, 5.41) is 3.67. The Hall–Kier alpha value is -4.39. The highest BCUT2D eigenvalue weighted by atomic mass is 16.2. The summed E-state index contributed by atoms with van der Waals surface area (Å²) in [6.45, 7) is 2.25. The highest BCUT2D eigenvalue weighted by molar-refractivity contribution is 6.06. The van der Waals surface area contributed by atoms with Gasteiger partial charge in [0.1, 0.15) is 12.1 Å². The normalized spacial score (nSPS) is 11.3. The molecule has 176 valence electrons. The van der Waals surface area contributed by atoms with Crippen molar-refractivity contribution in [1.82, 2.24) is 19.0 Å². The standard InChI is InChI=1S/C28H26N4O3/c1-19-13-14-23-22(15-19)25-26(30(23)2)27(34)32(17-21-11-7-4-8-12-21)28(35)31(25)18-24(33)29-16-20-9-5-3-6-10-20/h3-15H,16-18H2,1-2H3,(H,29,33). The topological polar surface area (TPSA) is 78.0 Å².